The second-order valence-corrected chi connectivity index (χ2v) is 6.37. The van der Waals surface area contributed by atoms with E-state index in [4.69, 9.17) is 27.9 Å². The zero-order valence-corrected chi connectivity index (χ0v) is 15.2. The molecular weight excluding hydrogens is 371 g/mol. The Labute approximate surface area is 161 Å². The average Bonchev–Trinajstić information content (AvgIpc) is 2.68. The SMILES string of the molecule is O=C(COc1cc(Cl)ccc1Cl)NC(c1ccccc1)c1ccccn1. The molecule has 0 aliphatic rings. The lowest BCUT2D eigenvalue weighted by Gasteiger charge is -2.19. The number of aromatic nitrogens is 1. The number of ether oxygens (including phenoxy) is 1. The molecule has 1 atom stereocenters. The Morgan fingerprint density at radius 3 is 2.54 bits per heavy atom. The van der Waals surface area contributed by atoms with Crippen molar-refractivity contribution in [3.05, 3.63) is 94.2 Å². The van der Waals surface area contributed by atoms with Crippen LogP contribution < -0.4 is 10.1 Å². The molecule has 0 radical (unpaired) electrons. The lowest BCUT2D eigenvalue weighted by molar-refractivity contribution is -0.123. The van der Waals surface area contributed by atoms with E-state index in [1.165, 1.54) is 0 Å². The fourth-order valence-corrected chi connectivity index (χ4v) is 2.79. The molecule has 0 bridgehead atoms. The fourth-order valence-electron chi connectivity index (χ4n) is 2.45. The number of pyridine rings is 1. The molecule has 1 unspecified atom stereocenters. The van der Waals surface area contributed by atoms with Crippen LogP contribution in [0.4, 0.5) is 0 Å². The Bertz CT molecular complexity index is 834. The van der Waals surface area contributed by atoms with Crippen molar-refractivity contribution in [1.82, 2.24) is 10.3 Å². The van der Waals surface area contributed by atoms with E-state index in [0.717, 1.165) is 11.3 Å². The summed E-state index contributed by atoms with van der Waals surface area (Å²) >= 11 is 12.0. The molecule has 1 amide bonds. The molecule has 0 aliphatic carbocycles. The maximum atomic E-state index is 12.4. The van der Waals surface area contributed by atoms with Gasteiger partial charge >= 0.3 is 0 Å². The van der Waals surface area contributed by atoms with Gasteiger partial charge in [0.15, 0.2) is 6.61 Å². The minimum absolute atomic E-state index is 0.184. The van der Waals surface area contributed by atoms with Gasteiger partial charge in [0.2, 0.25) is 0 Å². The van der Waals surface area contributed by atoms with E-state index >= 15 is 0 Å². The monoisotopic (exact) mass is 386 g/mol. The molecule has 3 aromatic rings. The highest BCUT2D eigenvalue weighted by Gasteiger charge is 2.18. The number of nitrogens with zero attached hydrogens (tertiary/aromatic N) is 1. The van der Waals surface area contributed by atoms with Crippen molar-refractivity contribution in [1.29, 1.82) is 0 Å². The van der Waals surface area contributed by atoms with Crippen LogP contribution in [-0.2, 0) is 4.79 Å². The van der Waals surface area contributed by atoms with E-state index in [-0.39, 0.29) is 18.6 Å². The van der Waals surface area contributed by atoms with Crippen LogP contribution in [0.25, 0.3) is 0 Å². The average molecular weight is 387 g/mol. The van der Waals surface area contributed by atoms with Gasteiger partial charge < -0.3 is 10.1 Å². The first-order chi connectivity index (χ1) is 12.6. The van der Waals surface area contributed by atoms with Gasteiger partial charge in [-0.15, -0.1) is 0 Å². The maximum Gasteiger partial charge on any atom is 0.258 e. The van der Waals surface area contributed by atoms with Crippen LogP contribution in [0.3, 0.4) is 0 Å². The standard InChI is InChI=1S/C20H16Cl2N2O2/c21-15-9-10-16(22)18(12-15)26-13-19(25)24-20(14-6-2-1-3-7-14)17-8-4-5-11-23-17/h1-12,20H,13H2,(H,24,25). The Kier molecular flexibility index (Phi) is 6.10. The highest BCUT2D eigenvalue weighted by atomic mass is 35.5. The van der Waals surface area contributed by atoms with Crippen molar-refractivity contribution >= 4 is 29.1 Å². The Morgan fingerprint density at radius 2 is 1.81 bits per heavy atom. The summed E-state index contributed by atoms with van der Waals surface area (Å²) in [7, 11) is 0. The second-order valence-electron chi connectivity index (χ2n) is 5.53. The van der Waals surface area contributed by atoms with Crippen LogP contribution in [0.1, 0.15) is 17.3 Å². The van der Waals surface area contributed by atoms with Crippen molar-refractivity contribution < 1.29 is 9.53 Å². The molecule has 2 aromatic carbocycles. The number of rotatable bonds is 6. The van der Waals surface area contributed by atoms with Crippen LogP contribution in [-0.4, -0.2) is 17.5 Å². The van der Waals surface area contributed by atoms with Gasteiger partial charge in [0, 0.05) is 17.3 Å². The molecule has 26 heavy (non-hydrogen) atoms. The van der Waals surface area contributed by atoms with E-state index in [1.54, 1.807) is 24.4 Å². The molecule has 0 saturated heterocycles. The minimum Gasteiger partial charge on any atom is -0.482 e. The summed E-state index contributed by atoms with van der Waals surface area (Å²) in [6.07, 6.45) is 1.69. The Hall–Kier alpha value is -2.56. The summed E-state index contributed by atoms with van der Waals surface area (Å²) < 4.78 is 5.50. The molecule has 1 aromatic heterocycles. The zero-order chi connectivity index (χ0) is 18.4. The van der Waals surface area contributed by atoms with E-state index in [2.05, 4.69) is 10.3 Å². The van der Waals surface area contributed by atoms with Gasteiger partial charge in [-0.2, -0.15) is 0 Å². The predicted molar refractivity (Wildman–Crippen MR) is 103 cm³/mol. The number of carbonyl (C=O) groups is 1. The summed E-state index contributed by atoms with van der Waals surface area (Å²) in [5.74, 6) is 0.0731. The smallest absolute Gasteiger partial charge is 0.258 e. The van der Waals surface area contributed by atoms with Gasteiger partial charge in [-0.05, 0) is 29.8 Å². The molecular formula is C20H16Cl2N2O2. The van der Waals surface area contributed by atoms with Gasteiger partial charge in [0.1, 0.15) is 5.75 Å². The lowest BCUT2D eigenvalue weighted by atomic mass is 10.0. The van der Waals surface area contributed by atoms with Gasteiger partial charge in [-0.3, -0.25) is 9.78 Å². The number of carbonyl (C=O) groups excluding carboxylic acids is 1. The predicted octanol–water partition coefficient (Wildman–Crippen LogP) is 4.67. The third kappa shape index (κ3) is 4.75. The van der Waals surface area contributed by atoms with Crippen LogP contribution in [0, 0.1) is 0 Å². The molecule has 1 N–H and O–H groups in total. The number of amides is 1. The van der Waals surface area contributed by atoms with Crippen LogP contribution >= 0.6 is 23.2 Å². The molecule has 132 valence electrons. The lowest BCUT2D eigenvalue weighted by Crippen LogP contribution is -2.33. The first-order valence-corrected chi connectivity index (χ1v) is 8.72. The van der Waals surface area contributed by atoms with Crippen molar-refractivity contribution in [2.75, 3.05) is 6.61 Å². The first kappa shape index (κ1) is 18.2. The summed E-state index contributed by atoms with van der Waals surface area (Å²) in [6.45, 7) is -0.184. The van der Waals surface area contributed by atoms with E-state index < -0.39 is 0 Å². The van der Waals surface area contributed by atoms with E-state index in [9.17, 15) is 4.79 Å². The number of nitrogens with one attached hydrogen (secondary N) is 1. The molecule has 1 heterocycles. The maximum absolute atomic E-state index is 12.4. The molecule has 4 nitrogen and oxygen atoms in total. The molecule has 0 saturated carbocycles. The summed E-state index contributed by atoms with van der Waals surface area (Å²) in [4.78, 5) is 16.8. The van der Waals surface area contributed by atoms with Gasteiger partial charge in [0.05, 0.1) is 16.8 Å². The van der Waals surface area contributed by atoms with Gasteiger partial charge in [-0.1, -0.05) is 59.6 Å². The van der Waals surface area contributed by atoms with Crippen molar-refractivity contribution in [2.24, 2.45) is 0 Å². The van der Waals surface area contributed by atoms with Crippen LogP contribution in [0.15, 0.2) is 72.9 Å². The van der Waals surface area contributed by atoms with Crippen molar-refractivity contribution in [3.63, 3.8) is 0 Å². The zero-order valence-electron chi connectivity index (χ0n) is 13.7. The normalized spacial score (nSPS) is 11.6. The van der Waals surface area contributed by atoms with Crippen LogP contribution in [0.5, 0.6) is 5.75 Å². The van der Waals surface area contributed by atoms with Crippen molar-refractivity contribution in [2.45, 2.75) is 6.04 Å². The van der Waals surface area contributed by atoms with Crippen molar-refractivity contribution in [3.8, 4) is 5.75 Å². The number of benzene rings is 2. The molecule has 3 rings (SSSR count). The Morgan fingerprint density at radius 1 is 1.04 bits per heavy atom. The molecule has 0 fully saturated rings. The second kappa shape index (κ2) is 8.70. The number of hydrogen-bond donors (Lipinski definition) is 1. The summed E-state index contributed by atoms with van der Waals surface area (Å²) in [6, 6.07) is 19.7. The minimum atomic E-state index is -0.372. The topological polar surface area (TPSA) is 51.2 Å². The first-order valence-electron chi connectivity index (χ1n) is 7.96. The number of hydrogen-bond acceptors (Lipinski definition) is 3. The molecule has 0 spiro atoms. The largest absolute Gasteiger partial charge is 0.482 e. The van der Waals surface area contributed by atoms with Crippen LogP contribution in [0.2, 0.25) is 10.0 Å². The highest BCUT2D eigenvalue weighted by molar-refractivity contribution is 6.34. The summed E-state index contributed by atoms with van der Waals surface area (Å²) in [5, 5.41) is 3.83. The van der Waals surface area contributed by atoms with Gasteiger partial charge in [0.25, 0.3) is 5.91 Å². The van der Waals surface area contributed by atoms with E-state index in [1.807, 2.05) is 48.5 Å². The Balaban J connectivity index is 1.72. The third-order valence-corrected chi connectivity index (χ3v) is 4.22. The molecule has 6 heteroatoms. The summed E-state index contributed by atoms with van der Waals surface area (Å²) in [5.41, 5.74) is 1.67. The third-order valence-electron chi connectivity index (χ3n) is 3.67. The quantitative estimate of drug-likeness (QED) is 0.669. The highest BCUT2D eigenvalue weighted by Crippen LogP contribution is 2.27. The van der Waals surface area contributed by atoms with Gasteiger partial charge in [-0.25, -0.2) is 0 Å². The number of halogens is 2. The molecule has 0 aliphatic heterocycles. The fraction of sp³-hybridized carbons (Fsp3) is 0.100. The van der Waals surface area contributed by atoms with E-state index in [0.29, 0.717) is 15.8 Å².